The SMILES string of the molecule is COCC1(CN=C(N)Nc2ccc3c(c2)OCCCO3)CCCC1. The fourth-order valence-electron chi connectivity index (χ4n) is 3.46. The maximum atomic E-state index is 6.07. The Hall–Kier alpha value is -1.95. The predicted octanol–water partition coefficient (Wildman–Crippen LogP) is 2.78. The Balaban J connectivity index is 1.63. The van der Waals surface area contributed by atoms with Gasteiger partial charge in [0.2, 0.25) is 0 Å². The van der Waals surface area contributed by atoms with Gasteiger partial charge in [-0.2, -0.15) is 0 Å². The van der Waals surface area contributed by atoms with Crippen LogP contribution in [0.4, 0.5) is 5.69 Å². The van der Waals surface area contributed by atoms with Gasteiger partial charge in [-0.1, -0.05) is 12.8 Å². The van der Waals surface area contributed by atoms with Gasteiger partial charge < -0.3 is 25.3 Å². The molecular weight excluding hydrogens is 306 g/mol. The molecule has 1 fully saturated rings. The van der Waals surface area contributed by atoms with Gasteiger partial charge in [-0.05, 0) is 25.0 Å². The summed E-state index contributed by atoms with van der Waals surface area (Å²) in [6.45, 7) is 2.79. The molecule has 6 nitrogen and oxygen atoms in total. The number of benzene rings is 1. The number of methoxy groups -OCH3 is 1. The molecule has 2 aliphatic rings. The van der Waals surface area contributed by atoms with Crippen LogP contribution in [-0.2, 0) is 4.74 Å². The molecule has 0 amide bonds. The zero-order chi connectivity index (χ0) is 16.8. The van der Waals surface area contributed by atoms with Crippen molar-refractivity contribution >= 4 is 11.6 Å². The average molecular weight is 333 g/mol. The zero-order valence-corrected chi connectivity index (χ0v) is 14.3. The van der Waals surface area contributed by atoms with Crippen LogP contribution in [0.25, 0.3) is 0 Å². The second-order valence-electron chi connectivity index (χ2n) is 6.68. The van der Waals surface area contributed by atoms with E-state index in [4.69, 9.17) is 19.9 Å². The number of hydrogen-bond donors (Lipinski definition) is 2. The van der Waals surface area contributed by atoms with Crippen LogP contribution < -0.4 is 20.5 Å². The topological polar surface area (TPSA) is 78.1 Å². The van der Waals surface area contributed by atoms with E-state index < -0.39 is 0 Å². The van der Waals surface area contributed by atoms with Gasteiger partial charge in [-0.3, -0.25) is 4.99 Å². The normalized spacial score (nSPS) is 19.8. The Morgan fingerprint density at radius 2 is 1.96 bits per heavy atom. The number of nitrogens with zero attached hydrogens (tertiary/aromatic N) is 1. The second-order valence-corrected chi connectivity index (χ2v) is 6.68. The summed E-state index contributed by atoms with van der Waals surface area (Å²) in [7, 11) is 1.75. The highest BCUT2D eigenvalue weighted by Crippen LogP contribution is 2.38. The molecule has 0 atom stereocenters. The van der Waals surface area contributed by atoms with Gasteiger partial charge in [0.05, 0.1) is 26.4 Å². The Labute approximate surface area is 143 Å². The van der Waals surface area contributed by atoms with Crippen LogP contribution >= 0.6 is 0 Å². The fraction of sp³-hybridized carbons (Fsp3) is 0.611. The van der Waals surface area contributed by atoms with Crippen LogP contribution in [0.15, 0.2) is 23.2 Å². The number of anilines is 1. The molecule has 1 heterocycles. The Morgan fingerprint density at radius 1 is 1.21 bits per heavy atom. The van der Waals surface area contributed by atoms with E-state index in [-0.39, 0.29) is 5.41 Å². The van der Waals surface area contributed by atoms with Gasteiger partial charge in [0, 0.05) is 30.7 Å². The van der Waals surface area contributed by atoms with Crippen LogP contribution in [0.2, 0.25) is 0 Å². The molecule has 0 radical (unpaired) electrons. The molecule has 0 saturated heterocycles. The summed E-state index contributed by atoms with van der Waals surface area (Å²) in [5.74, 6) is 1.95. The minimum absolute atomic E-state index is 0.145. The second kappa shape index (κ2) is 7.75. The molecule has 0 spiro atoms. The first-order chi connectivity index (χ1) is 11.7. The third-order valence-electron chi connectivity index (χ3n) is 4.72. The van der Waals surface area contributed by atoms with Gasteiger partial charge in [0.25, 0.3) is 0 Å². The number of nitrogens with one attached hydrogen (secondary N) is 1. The highest BCUT2D eigenvalue weighted by molar-refractivity contribution is 5.92. The predicted molar refractivity (Wildman–Crippen MR) is 94.9 cm³/mol. The Morgan fingerprint density at radius 3 is 2.71 bits per heavy atom. The maximum absolute atomic E-state index is 6.07. The third-order valence-corrected chi connectivity index (χ3v) is 4.72. The molecule has 3 rings (SSSR count). The first-order valence-electron chi connectivity index (χ1n) is 8.66. The number of rotatable bonds is 5. The summed E-state index contributed by atoms with van der Waals surface area (Å²) in [6, 6.07) is 5.74. The first-order valence-corrected chi connectivity index (χ1v) is 8.66. The van der Waals surface area contributed by atoms with Crippen molar-refractivity contribution < 1.29 is 14.2 Å². The van der Waals surface area contributed by atoms with E-state index in [0.29, 0.717) is 25.7 Å². The summed E-state index contributed by atoms with van der Waals surface area (Å²) in [6.07, 6.45) is 5.69. The highest BCUT2D eigenvalue weighted by Gasteiger charge is 2.33. The standard InChI is InChI=1S/C18H27N3O3/c1-22-13-18(7-2-3-8-18)12-20-17(19)21-14-5-6-15-16(11-14)24-10-4-9-23-15/h5-6,11H,2-4,7-10,12-13H2,1H3,(H3,19,20,21). The summed E-state index contributed by atoms with van der Waals surface area (Å²) in [5, 5.41) is 3.15. The molecule has 1 aliphatic heterocycles. The number of fused-ring (bicyclic) bond motifs is 1. The quantitative estimate of drug-likeness (QED) is 0.640. The summed E-state index contributed by atoms with van der Waals surface area (Å²) in [4.78, 5) is 4.55. The molecule has 1 aromatic carbocycles. The first kappa shape index (κ1) is 16.9. The lowest BCUT2D eigenvalue weighted by molar-refractivity contribution is 0.0897. The summed E-state index contributed by atoms with van der Waals surface area (Å²) >= 11 is 0. The third kappa shape index (κ3) is 4.12. The monoisotopic (exact) mass is 333 g/mol. The van der Waals surface area contributed by atoms with Gasteiger partial charge in [0.1, 0.15) is 0 Å². The van der Waals surface area contributed by atoms with Crippen molar-refractivity contribution in [3.63, 3.8) is 0 Å². The Bertz CT molecular complexity index is 583. The van der Waals surface area contributed by atoms with E-state index in [1.54, 1.807) is 7.11 Å². The van der Waals surface area contributed by atoms with Gasteiger partial charge in [-0.15, -0.1) is 0 Å². The molecular formula is C18H27N3O3. The highest BCUT2D eigenvalue weighted by atomic mass is 16.5. The number of hydrogen-bond acceptors (Lipinski definition) is 4. The minimum atomic E-state index is 0.145. The lowest BCUT2D eigenvalue weighted by Crippen LogP contribution is -2.30. The summed E-state index contributed by atoms with van der Waals surface area (Å²) < 4.78 is 16.7. The van der Waals surface area contributed by atoms with Gasteiger partial charge in [-0.25, -0.2) is 0 Å². The molecule has 132 valence electrons. The molecule has 1 saturated carbocycles. The van der Waals surface area contributed by atoms with Crippen molar-refractivity contribution in [3.05, 3.63) is 18.2 Å². The van der Waals surface area contributed by atoms with Crippen molar-refractivity contribution in [1.29, 1.82) is 0 Å². The molecule has 0 unspecified atom stereocenters. The van der Waals surface area contributed by atoms with Crippen molar-refractivity contribution in [2.24, 2.45) is 16.1 Å². The van der Waals surface area contributed by atoms with Crippen LogP contribution in [0.5, 0.6) is 11.5 Å². The van der Waals surface area contributed by atoms with E-state index in [0.717, 1.165) is 43.1 Å². The largest absolute Gasteiger partial charge is 0.490 e. The van der Waals surface area contributed by atoms with Crippen LogP contribution in [0.1, 0.15) is 32.1 Å². The van der Waals surface area contributed by atoms with Crippen molar-refractivity contribution in [1.82, 2.24) is 0 Å². The molecule has 1 aliphatic carbocycles. The molecule has 24 heavy (non-hydrogen) atoms. The lowest BCUT2D eigenvalue weighted by atomic mass is 9.87. The van der Waals surface area contributed by atoms with E-state index >= 15 is 0 Å². The summed E-state index contributed by atoms with van der Waals surface area (Å²) in [5.41, 5.74) is 7.07. The van der Waals surface area contributed by atoms with E-state index in [2.05, 4.69) is 10.3 Å². The maximum Gasteiger partial charge on any atom is 0.193 e. The van der Waals surface area contributed by atoms with Crippen molar-refractivity contribution in [3.8, 4) is 11.5 Å². The van der Waals surface area contributed by atoms with Gasteiger partial charge in [0.15, 0.2) is 17.5 Å². The molecule has 0 aromatic heterocycles. The van der Waals surface area contributed by atoms with Crippen LogP contribution in [-0.4, -0.2) is 39.4 Å². The van der Waals surface area contributed by atoms with Crippen LogP contribution in [0.3, 0.4) is 0 Å². The zero-order valence-electron chi connectivity index (χ0n) is 14.3. The minimum Gasteiger partial charge on any atom is -0.490 e. The Kier molecular flexibility index (Phi) is 5.45. The fourth-order valence-corrected chi connectivity index (χ4v) is 3.46. The van der Waals surface area contributed by atoms with E-state index in [9.17, 15) is 0 Å². The number of aliphatic imine (C=N–C) groups is 1. The molecule has 3 N–H and O–H groups in total. The van der Waals surface area contributed by atoms with E-state index in [1.807, 2.05) is 18.2 Å². The van der Waals surface area contributed by atoms with Crippen molar-refractivity contribution in [2.75, 3.05) is 38.8 Å². The van der Waals surface area contributed by atoms with Crippen molar-refractivity contribution in [2.45, 2.75) is 32.1 Å². The van der Waals surface area contributed by atoms with E-state index in [1.165, 1.54) is 12.8 Å². The average Bonchev–Trinajstić information content (AvgIpc) is 2.91. The number of nitrogens with two attached hydrogens (primary N) is 1. The number of guanidine groups is 1. The smallest absolute Gasteiger partial charge is 0.193 e. The van der Waals surface area contributed by atoms with Crippen LogP contribution in [0, 0.1) is 5.41 Å². The number of ether oxygens (including phenoxy) is 3. The molecule has 6 heteroatoms. The molecule has 1 aromatic rings. The molecule has 0 bridgehead atoms. The lowest BCUT2D eigenvalue weighted by Gasteiger charge is -2.26. The van der Waals surface area contributed by atoms with Gasteiger partial charge >= 0.3 is 0 Å².